The first kappa shape index (κ1) is 14.6. The minimum atomic E-state index is -0.237. The third-order valence-electron chi connectivity index (χ3n) is 3.13. The van der Waals surface area contributed by atoms with Gasteiger partial charge in [-0.2, -0.15) is 0 Å². The second kappa shape index (κ2) is 6.19. The Hall–Kier alpha value is -3.34. The number of phenols is 3. The SMILES string of the molecule is Oc1ccccc1Oc1cccc(Oc2ccccc2O)c1O. The molecule has 0 saturated carbocycles. The molecule has 3 N–H and O–H groups in total. The van der Waals surface area contributed by atoms with Crippen LogP contribution in [0.1, 0.15) is 0 Å². The maximum atomic E-state index is 10.3. The second-order valence-electron chi connectivity index (χ2n) is 4.74. The second-order valence-corrected chi connectivity index (χ2v) is 4.74. The predicted octanol–water partition coefficient (Wildman–Crippen LogP) is 4.39. The monoisotopic (exact) mass is 310 g/mol. The van der Waals surface area contributed by atoms with Crippen molar-refractivity contribution in [3.8, 4) is 40.2 Å². The van der Waals surface area contributed by atoms with Gasteiger partial charge in [0.05, 0.1) is 0 Å². The smallest absolute Gasteiger partial charge is 0.202 e. The third-order valence-corrected chi connectivity index (χ3v) is 3.13. The quantitative estimate of drug-likeness (QED) is 0.666. The summed E-state index contributed by atoms with van der Waals surface area (Å²) in [5, 5.41) is 29.7. The maximum Gasteiger partial charge on any atom is 0.202 e. The molecule has 0 aliphatic rings. The molecule has 116 valence electrons. The lowest BCUT2D eigenvalue weighted by atomic mass is 10.2. The van der Waals surface area contributed by atoms with E-state index in [9.17, 15) is 15.3 Å². The highest BCUT2D eigenvalue weighted by atomic mass is 16.5. The Morgan fingerprint density at radius 1 is 0.478 bits per heavy atom. The first-order chi connectivity index (χ1) is 11.1. The van der Waals surface area contributed by atoms with Crippen LogP contribution in [0.25, 0.3) is 0 Å². The Kier molecular flexibility index (Phi) is 3.93. The molecule has 3 aromatic rings. The van der Waals surface area contributed by atoms with Crippen LogP contribution in [0.4, 0.5) is 0 Å². The molecule has 0 saturated heterocycles. The van der Waals surface area contributed by atoms with Gasteiger partial charge < -0.3 is 24.8 Å². The van der Waals surface area contributed by atoms with Gasteiger partial charge >= 0.3 is 0 Å². The molecule has 5 heteroatoms. The van der Waals surface area contributed by atoms with Crippen molar-refractivity contribution in [2.45, 2.75) is 0 Å². The van der Waals surface area contributed by atoms with Gasteiger partial charge in [0.1, 0.15) is 0 Å². The van der Waals surface area contributed by atoms with E-state index in [-0.39, 0.29) is 40.2 Å². The van der Waals surface area contributed by atoms with E-state index in [4.69, 9.17) is 9.47 Å². The van der Waals surface area contributed by atoms with Gasteiger partial charge in [0.15, 0.2) is 34.5 Å². The molecule has 0 atom stereocenters. The standard InChI is InChI=1S/C18H14O5/c19-12-6-1-3-8-14(12)22-16-10-5-11-17(18(16)21)23-15-9-4-2-7-13(15)20/h1-11,19-21H. The lowest BCUT2D eigenvalue weighted by molar-refractivity contribution is 0.358. The molecular formula is C18H14O5. The van der Waals surface area contributed by atoms with Crippen molar-refractivity contribution in [3.63, 3.8) is 0 Å². The fraction of sp³-hybridized carbons (Fsp3) is 0. The molecule has 0 spiro atoms. The van der Waals surface area contributed by atoms with E-state index >= 15 is 0 Å². The summed E-state index contributed by atoms with van der Waals surface area (Å²) in [4.78, 5) is 0. The number of hydrogen-bond donors (Lipinski definition) is 3. The van der Waals surface area contributed by atoms with Gasteiger partial charge in [-0.05, 0) is 36.4 Å². The summed E-state index contributed by atoms with van der Waals surface area (Å²) in [6.45, 7) is 0. The van der Waals surface area contributed by atoms with Crippen molar-refractivity contribution < 1.29 is 24.8 Å². The average Bonchev–Trinajstić information content (AvgIpc) is 2.55. The highest BCUT2D eigenvalue weighted by Gasteiger charge is 2.13. The summed E-state index contributed by atoms with van der Waals surface area (Å²) < 4.78 is 11.0. The molecule has 0 amide bonds. The van der Waals surface area contributed by atoms with Gasteiger partial charge in [-0.25, -0.2) is 0 Å². The molecule has 0 aliphatic carbocycles. The predicted molar refractivity (Wildman–Crippen MR) is 84.5 cm³/mol. The normalized spacial score (nSPS) is 10.3. The molecule has 0 aliphatic heterocycles. The number of para-hydroxylation sites is 5. The van der Waals surface area contributed by atoms with Crippen LogP contribution in [0.5, 0.6) is 40.2 Å². The highest BCUT2D eigenvalue weighted by molar-refractivity contribution is 5.55. The Labute approximate surface area is 132 Å². The van der Waals surface area contributed by atoms with Crippen molar-refractivity contribution in [1.82, 2.24) is 0 Å². The molecule has 0 heterocycles. The largest absolute Gasteiger partial charge is 0.504 e. The maximum absolute atomic E-state index is 10.3. The van der Waals surface area contributed by atoms with Crippen molar-refractivity contribution in [1.29, 1.82) is 0 Å². The Bertz CT molecular complexity index is 763. The van der Waals surface area contributed by atoms with Crippen molar-refractivity contribution in [2.24, 2.45) is 0 Å². The Balaban J connectivity index is 1.90. The van der Waals surface area contributed by atoms with Crippen molar-refractivity contribution >= 4 is 0 Å². The van der Waals surface area contributed by atoms with Gasteiger partial charge in [-0.3, -0.25) is 0 Å². The topological polar surface area (TPSA) is 79.2 Å². The van der Waals surface area contributed by atoms with Crippen LogP contribution in [-0.2, 0) is 0 Å². The van der Waals surface area contributed by atoms with Crippen LogP contribution in [0.15, 0.2) is 66.7 Å². The molecule has 0 fully saturated rings. The summed E-state index contributed by atoms with van der Waals surface area (Å²) in [5.41, 5.74) is 0. The first-order valence-corrected chi connectivity index (χ1v) is 6.89. The molecule has 0 bridgehead atoms. The van der Waals surface area contributed by atoms with E-state index in [1.165, 1.54) is 12.1 Å². The summed E-state index contributed by atoms with van der Waals surface area (Å²) in [6, 6.07) is 17.6. The molecule has 3 rings (SSSR count). The number of aromatic hydroxyl groups is 3. The number of hydrogen-bond acceptors (Lipinski definition) is 5. The number of rotatable bonds is 4. The molecule has 5 nitrogen and oxygen atoms in total. The summed E-state index contributed by atoms with van der Waals surface area (Å²) in [7, 11) is 0. The minimum Gasteiger partial charge on any atom is -0.504 e. The molecule has 0 radical (unpaired) electrons. The first-order valence-electron chi connectivity index (χ1n) is 6.89. The van der Waals surface area contributed by atoms with Crippen LogP contribution >= 0.6 is 0 Å². The molecule has 3 aromatic carbocycles. The van der Waals surface area contributed by atoms with Gasteiger partial charge in [0.2, 0.25) is 5.75 Å². The Morgan fingerprint density at radius 2 is 0.870 bits per heavy atom. The highest BCUT2D eigenvalue weighted by Crippen LogP contribution is 2.43. The zero-order valence-electron chi connectivity index (χ0n) is 12.0. The number of benzene rings is 3. The number of phenolic OH excluding ortho intramolecular Hbond substituents is 3. The van der Waals surface area contributed by atoms with Gasteiger partial charge in [-0.1, -0.05) is 30.3 Å². The molecule has 23 heavy (non-hydrogen) atoms. The van der Waals surface area contributed by atoms with Crippen LogP contribution in [0.3, 0.4) is 0 Å². The molecule has 0 unspecified atom stereocenters. The van der Waals surface area contributed by atoms with E-state index < -0.39 is 0 Å². The van der Waals surface area contributed by atoms with E-state index in [1.54, 1.807) is 54.6 Å². The summed E-state index contributed by atoms with van der Waals surface area (Å²) in [5.74, 6) is 0.348. The van der Waals surface area contributed by atoms with Crippen LogP contribution in [0.2, 0.25) is 0 Å². The van der Waals surface area contributed by atoms with Crippen molar-refractivity contribution in [3.05, 3.63) is 66.7 Å². The zero-order valence-corrected chi connectivity index (χ0v) is 12.0. The summed E-state index contributed by atoms with van der Waals surface area (Å²) in [6.07, 6.45) is 0. The average molecular weight is 310 g/mol. The number of ether oxygens (including phenoxy) is 2. The molecule has 0 aromatic heterocycles. The van der Waals surface area contributed by atoms with Crippen LogP contribution in [-0.4, -0.2) is 15.3 Å². The van der Waals surface area contributed by atoms with Gasteiger partial charge in [0, 0.05) is 0 Å². The fourth-order valence-electron chi connectivity index (χ4n) is 1.99. The van der Waals surface area contributed by atoms with Gasteiger partial charge in [0.25, 0.3) is 0 Å². The van der Waals surface area contributed by atoms with Crippen molar-refractivity contribution in [2.75, 3.05) is 0 Å². The van der Waals surface area contributed by atoms with E-state index in [0.29, 0.717) is 0 Å². The van der Waals surface area contributed by atoms with Gasteiger partial charge in [-0.15, -0.1) is 0 Å². The van der Waals surface area contributed by atoms with E-state index in [2.05, 4.69) is 0 Å². The van der Waals surface area contributed by atoms with Crippen LogP contribution < -0.4 is 9.47 Å². The minimum absolute atomic E-state index is 0.0427. The molecular weight excluding hydrogens is 296 g/mol. The third kappa shape index (κ3) is 3.13. The zero-order chi connectivity index (χ0) is 16.2. The fourth-order valence-corrected chi connectivity index (χ4v) is 1.99. The van der Waals surface area contributed by atoms with E-state index in [1.807, 2.05) is 0 Å². The Morgan fingerprint density at radius 3 is 1.30 bits per heavy atom. The lowest BCUT2D eigenvalue weighted by Gasteiger charge is -2.13. The lowest BCUT2D eigenvalue weighted by Crippen LogP contribution is -1.89. The van der Waals surface area contributed by atoms with Crippen LogP contribution in [0, 0.1) is 0 Å². The summed E-state index contributed by atoms with van der Waals surface area (Å²) >= 11 is 0. The van der Waals surface area contributed by atoms with E-state index in [0.717, 1.165) is 0 Å².